The Balaban J connectivity index is 2.18. The molecule has 1 aromatic heterocycles. The monoisotopic (exact) mass is 261 g/mol. The lowest BCUT2D eigenvalue weighted by Crippen LogP contribution is -2.15. The van der Waals surface area contributed by atoms with E-state index in [1.165, 1.54) is 4.88 Å². The molecule has 0 saturated heterocycles. The van der Waals surface area contributed by atoms with Gasteiger partial charge in [0.05, 0.1) is 13.2 Å². The summed E-state index contributed by atoms with van der Waals surface area (Å²) in [6.45, 7) is 4.47. The van der Waals surface area contributed by atoms with Crippen molar-refractivity contribution in [2.45, 2.75) is 19.9 Å². The predicted octanol–water partition coefficient (Wildman–Crippen LogP) is 4.57. The Morgan fingerprint density at radius 2 is 2.00 bits per heavy atom. The van der Waals surface area contributed by atoms with E-state index in [9.17, 15) is 0 Å². The first kappa shape index (κ1) is 13.0. The van der Waals surface area contributed by atoms with Gasteiger partial charge in [0.25, 0.3) is 0 Å². The lowest BCUT2D eigenvalue weighted by atomic mass is 10.0. The molecule has 2 nitrogen and oxygen atoms in total. The van der Waals surface area contributed by atoms with Gasteiger partial charge < -0.3 is 10.1 Å². The molecular weight excluding hydrogens is 242 g/mol. The zero-order valence-corrected chi connectivity index (χ0v) is 11.8. The van der Waals surface area contributed by atoms with E-state index in [4.69, 9.17) is 4.74 Å². The number of rotatable bonds is 5. The first-order chi connectivity index (χ1) is 8.70. The Kier molecular flexibility index (Phi) is 4.26. The summed E-state index contributed by atoms with van der Waals surface area (Å²) in [5.41, 5.74) is 1.10. The maximum absolute atomic E-state index is 5.25. The van der Waals surface area contributed by atoms with Crippen LogP contribution in [0, 0.1) is 5.92 Å². The van der Waals surface area contributed by atoms with Gasteiger partial charge in [0.15, 0.2) is 0 Å². The second-order valence-electron chi connectivity index (χ2n) is 4.61. The highest BCUT2D eigenvalue weighted by molar-refractivity contribution is 7.10. The van der Waals surface area contributed by atoms with Crippen molar-refractivity contribution >= 4 is 17.0 Å². The van der Waals surface area contributed by atoms with Crippen LogP contribution in [0.1, 0.15) is 24.8 Å². The van der Waals surface area contributed by atoms with Crippen LogP contribution in [0.15, 0.2) is 41.8 Å². The fraction of sp³-hybridized carbons (Fsp3) is 0.333. The molecule has 3 heteroatoms. The van der Waals surface area contributed by atoms with Gasteiger partial charge in [-0.05, 0) is 29.5 Å². The zero-order chi connectivity index (χ0) is 13.0. The first-order valence-electron chi connectivity index (χ1n) is 6.14. The van der Waals surface area contributed by atoms with Crippen molar-refractivity contribution < 1.29 is 4.74 Å². The number of hydrogen-bond donors (Lipinski definition) is 1. The third-order valence-electron chi connectivity index (χ3n) is 2.91. The number of ether oxygens (including phenoxy) is 1. The number of nitrogens with one attached hydrogen (secondary N) is 1. The Bertz CT molecular complexity index is 479. The van der Waals surface area contributed by atoms with E-state index in [-0.39, 0.29) is 0 Å². The minimum atomic E-state index is 0.345. The highest BCUT2D eigenvalue weighted by atomic mass is 32.1. The molecule has 1 heterocycles. The molecule has 0 fully saturated rings. The highest BCUT2D eigenvalue weighted by Gasteiger charge is 2.16. The van der Waals surface area contributed by atoms with Gasteiger partial charge in [0, 0.05) is 16.6 Å². The fourth-order valence-corrected chi connectivity index (χ4v) is 2.88. The summed E-state index contributed by atoms with van der Waals surface area (Å²) in [6.07, 6.45) is 0. The van der Waals surface area contributed by atoms with Gasteiger partial charge in [-0.3, -0.25) is 0 Å². The van der Waals surface area contributed by atoms with Gasteiger partial charge in [-0.15, -0.1) is 11.3 Å². The summed E-state index contributed by atoms with van der Waals surface area (Å²) in [7, 11) is 1.69. The Labute approximate surface area is 113 Å². The molecular formula is C15H19NOS. The van der Waals surface area contributed by atoms with Crippen LogP contribution >= 0.6 is 11.3 Å². The summed E-state index contributed by atoms with van der Waals surface area (Å²) in [4.78, 5) is 1.37. The normalized spacial score (nSPS) is 12.4. The third kappa shape index (κ3) is 3.05. The third-order valence-corrected chi connectivity index (χ3v) is 3.86. The van der Waals surface area contributed by atoms with Gasteiger partial charge in [-0.2, -0.15) is 0 Å². The summed E-state index contributed by atoms with van der Waals surface area (Å²) in [6, 6.07) is 12.7. The molecule has 0 amide bonds. The van der Waals surface area contributed by atoms with Gasteiger partial charge in [-0.25, -0.2) is 0 Å². The summed E-state index contributed by atoms with van der Waals surface area (Å²) in [5.74, 6) is 1.42. The number of anilines is 1. The average Bonchev–Trinajstić information content (AvgIpc) is 2.89. The molecule has 1 unspecified atom stereocenters. The van der Waals surface area contributed by atoms with Crippen LogP contribution in [-0.4, -0.2) is 7.11 Å². The second kappa shape index (κ2) is 5.91. The van der Waals surface area contributed by atoms with Crippen molar-refractivity contribution in [1.29, 1.82) is 0 Å². The molecule has 96 valence electrons. The maximum Gasteiger partial charge on any atom is 0.120 e. The molecule has 18 heavy (non-hydrogen) atoms. The van der Waals surface area contributed by atoms with Crippen LogP contribution in [0.2, 0.25) is 0 Å². The SMILES string of the molecule is COc1cccc(NC(c2cccs2)C(C)C)c1. The molecule has 1 N–H and O–H groups in total. The van der Waals surface area contributed by atoms with E-state index in [0.717, 1.165) is 11.4 Å². The van der Waals surface area contributed by atoms with Crippen molar-refractivity contribution in [1.82, 2.24) is 0 Å². The smallest absolute Gasteiger partial charge is 0.120 e. The van der Waals surface area contributed by atoms with Gasteiger partial charge in [0.1, 0.15) is 5.75 Å². The largest absolute Gasteiger partial charge is 0.497 e. The van der Waals surface area contributed by atoms with E-state index in [0.29, 0.717) is 12.0 Å². The molecule has 0 aliphatic rings. The first-order valence-corrected chi connectivity index (χ1v) is 7.02. The van der Waals surface area contributed by atoms with Crippen molar-refractivity contribution in [3.63, 3.8) is 0 Å². The molecule has 0 aliphatic carbocycles. The van der Waals surface area contributed by atoms with Gasteiger partial charge >= 0.3 is 0 Å². The van der Waals surface area contributed by atoms with E-state index >= 15 is 0 Å². The molecule has 0 saturated carbocycles. The number of methoxy groups -OCH3 is 1. The average molecular weight is 261 g/mol. The Morgan fingerprint density at radius 3 is 2.61 bits per heavy atom. The topological polar surface area (TPSA) is 21.3 Å². The van der Waals surface area contributed by atoms with Crippen molar-refractivity contribution in [3.05, 3.63) is 46.7 Å². The maximum atomic E-state index is 5.25. The molecule has 1 atom stereocenters. The van der Waals surface area contributed by atoms with E-state index < -0.39 is 0 Å². The highest BCUT2D eigenvalue weighted by Crippen LogP contribution is 2.30. The van der Waals surface area contributed by atoms with Crippen LogP contribution < -0.4 is 10.1 Å². The van der Waals surface area contributed by atoms with Crippen molar-refractivity contribution in [3.8, 4) is 5.75 Å². The van der Waals surface area contributed by atoms with Gasteiger partial charge in [0.2, 0.25) is 0 Å². The number of hydrogen-bond acceptors (Lipinski definition) is 3. The van der Waals surface area contributed by atoms with Crippen molar-refractivity contribution in [2.24, 2.45) is 5.92 Å². The predicted molar refractivity (Wildman–Crippen MR) is 78.5 cm³/mol. The van der Waals surface area contributed by atoms with Crippen LogP contribution in [0.3, 0.4) is 0 Å². The lowest BCUT2D eigenvalue weighted by molar-refractivity contribution is 0.415. The second-order valence-corrected chi connectivity index (χ2v) is 5.59. The van der Waals surface area contributed by atoms with E-state index in [2.05, 4.69) is 42.7 Å². The van der Waals surface area contributed by atoms with Crippen molar-refractivity contribution in [2.75, 3.05) is 12.4 Å². The summed E-state index contributed by atoms with van der Waals surface area (Å²) in [5, 5.41) is 5.71. The molecule has 1 aromatic carbocycles. The zero-order valence-electron chi connectivity index (χ0n) is 11.0. The Hall–Kier alpha value is -1.48. The Morgan fingerprint density at radius 1 is 1.17 bits per heavy atom. The molecule has 0 spiro atoms. The molecule has 0 aliphatic heterocycles. The van der Waals surface area contributed by atoms with E-state index in [1.807, 2.05) is 18.2 Å². The molecule has 0 radical (unpaired) electrons. The number of benzene rings is 1. The van der Waals surface area contributed by atoms with Gasteiger partial charge in [-0.1, -0.05) is 26.0 Å². The molecule has 2 rings (SSSR count). The van der Waals surface area contributed by atoms with Crippen LogP contribution in [0.4, 0.5) is 5.69 Å². The standard InChI is InChI=1S/C15H19NOS/c1-11(2)15(14-8-5-9-18-14)16-12-6-4-7-13(10-12)17-3/h4-11,15-16H,1-3H3. The fourth-order valence-electron chi connectivity index (χ4n) is 1.93. The quantitative estimate of drug-likeness (QED) is 0.851. The van der Waals surface area contributed by atoms with E-state index in [1.54, 1.807) is 18.4 Å². The minimum absolute atomic E-state index is 0.345. The van der Waals surface area contributed by atoms with Crippen LogP contribution in [-0.2, 0) is 0 Å². The molecule has 2 aromatic rings. The van der Waals surface area contributed by atoms with Crippen LogP contribution in [0.5, 0.6) is 5.75 Å². The summed E-state index contributed by atoms with van der Waals surface area (Å²) >= 11 is 1.79. The number of thiophene rings is 1. The minimum Gasteiger partial charge on any atom is -0.497 e. The summed E-state index contributed by atoms with van der Waals surface area (Å²) < 4.78 is 5.25. The molecule has 0 bridgehead atoms. The lowest BCUT2D eigenvalue weighted by Gasteiger charge is -2.22. The van der Waals surface area contributed by atoms with Crippen LogP contribution in [0.25, 0.3) is 0 Å².